The average molecular weight is 453 g/mol. The van der Waals surface area contributed by atoms with Gasteiger partial charge in [-0.3, -0.25) is 19.3 Å². The van der Waals surface area contributed by atoms with Crippen LogP contribution in [-0.2, 0) is 37.1 Å². The van der Waals surface area contributed by atoms with Crippen molar-refractivity contribution in [2.75, 3.05) is 6.54 Å². The molecule has 0 saturated carbocycles. The number of amides is 3. The van der Waals surface area contributed by atoms with E-state index in [2.05, 4.69) is 5.32 Å². The number of likely N-dealkylation sites (tertiary alicyclic amines) is 1. The second-order valence-corrected chi connectivity index (χ2v) is 7.71. The largest absolute Gasteiger partial charge is 0.461 e. The van der Waals surface area contributed by atoms with E-state index in [4.69, 9.17) is 15.2 Å². The number of carbonyl (C=O) groups excluding carboxylic acids is 4. The molecule has 2 aromatic rings. The Kier molecular flexibility index (Phi) is 8.40. The molecule has 0 aromatic heterocycles. The van der Waals surface area contributed by atoms with Crippen LogP contribution in [0, 0.1) is 0 Å². The summed E-state index contributed by atoms with van der Waals surface area (Å²) in [6.45, 7) is 0.483. The zero-order valence-electron chi connectivity index (χ0n) is 18.1. The topological polar surface area (TPSA) is 128 Å². The van der Waals surface area contributed by atoms with E-state index in [1.54, 1.807) is 12.1 Å². The van der Waals surface area contributed by atoms with Crippen LogP contribution in [0.3, 0.4) is 0 Å². The third-order valence-corrected chi connectivity index (χ3v) is 5.27. The fourth-order valence-corrected chi connectivity index (χ4v) is 3.51. The molecule has 0 unspecified atom stereocenters. The third-order valence-electron chi connectivity index (χ3n) is 5.27. The van der Waals surface area contributed by atoms with Crippen LogP contribution >= 0.6 is 0 Å². The lowest BCUT2D eigenvalue weighted by atomic mass is 10.1. The first-order chi connectivity index (χ1) is 15.9. The van der Waals surface area contributed by atoms with E-state index >= 15 is 0 Å². The number of esters is 1. The number of hydrogen-bond donors (Lipinski definition) is 2. The van der Waals surface area contributed by atoms with Crippen LogP contribution in [0.2, 0.25) is 0 Å². The molecule has 2 atom stereocenters. The number of rotatable bonds is 9. The summed E-state index contributed by atoms with van der Waals surface area (Å²) < 4.78 is 10.5. The van der Waals surface area contributed by atoms with Crippen LogP contribution < -0.4 is 11.1 Å². The number of benzene rings is 2. The fraction of sp³-hybridized carbons (Fsp3) is 0.333. The summed E-state index contributed by atoms with van der Waals surface area (Å²) in [6, 6.07) is 16.2. The Labute approximate surface area is 191 Å². The summed E-state index contributed by atoms with van der Waals surface area (Å²) in [5.74, 6) is -2.10. The van der Waals surface area contributed by atoms with Crippen LogP contribution in [-0.4, -0.2) is 47.4 Å². The van der Waals surface area contributed by atoms with Gasteiger partial charge in [0.1, 0.15) is 25.3 Å². The monoisotopic (exact) mass is 453 g/mol. The van der Waals surface area contributed by atoms with Gasteiger partial charge in [0, 0.05) is 6.54 Å². The van der Waals surface area contributed by atoms with Crippen molar-refractivity contribution in [1.82, 2.24) is 10.2 Å². The first-order valence-corrected chi connectivity index (χ1v) is 10.7. The quantitative estimate of drug-likeness (QED) is 0.558. The van der Waals surface area contributed by atoms with Crippen molar-refractivity contribution in [3.05, 3.63) is 71.8 Å². The first-order valence-electron chi connectivity index (χ1n) is 10.7. The third kappa shape index (κ3) is 7.06. The molecule has 3 amide bonds. The van der Waals surface area contributed by atoms with Crippen LogP contribution in [0.15, 0.2) is 60.7 Å². The predicted octanol–water partition coefficient (Wildman–Crippen LogP) is 1.89. The summed E-state index contributed by atoms with van der Waals surface area (Å²) in [5, 5.41) is 2.48. The van der Waals surface area contributed by atoms with Crippen molar-refractivity contribution >= 4 is 23.9 Å². The Hall–Kier alpha value is -3.88. The molecule has 3 rings (SSSR count). The van der Waals surface area contributed by atoms with Crippen molar-refractivity contribution in [3.8, 4) is 0 Å². The van der Waals surface area contributed by atoms with Crippen molar-refractivity contribution in [2.24, 2.45) is 5.73 Å². The van der Waals surface area contributed by atoms with Gasteiger partial charge < -0.3 is 20.5 Å². The Morgan fingerprint density at radius 3 is 2.09 bits per heavy atom. The number of nitrogens with zero attached hydrogens (tertiary/aromatic N) is 1. The number of primary amides is 1. The van der Waals surface area contributed by atoms with Gasteiger partial charge in [-0.2, -0.15) is 0 Å². The zero-order chi connectivity index (χ0) is 23.6. The molecule has 1 aliphatic rings. The summed E-state index contributed by atoms with van der Waals surface area (Å²) in [4.78, 5) is 50.6. The molecule has 1 aliphatic heterocycles. The Bertz CT molecular complexity index is 967. The van der Waals surface area contributed by atoms with E-state index in [-0.39, 0.29) is 13.2 Å². The van der Waals surface area contributed by atoms with Gasteiger partial charge in [0.25, 0.3) is 0 Å². The number of nitrogens with two attached hydrogens (primary N) is 1. The molecule has 3 N–H and O–H groups in total. The van der Waals surface area contributed by atoms with Gasteiger partial charge >= 0.3 is 12.1 Å². The van der Waals surface area contributed by atoms with Gasteiger partial charge in [0.2, 0.25) is 11.8 Å². The number of ether oxygens (including phenoxy) is 2. The van der Waals surface area contributed by atoms with Crippen molar-refractivity contribution in [1.29, 1.82) is 0 Å². The highest BCUT2D eigenvalue weighted by molar-refractivity contribution is 5.93. The molecule has 9 heteroatoms. The lowest BCUT2D eigenvalue weighted by Crippen LogP contribution is -2.53. The van der Waals surface area contributed by atoms with E-state index in [1.165, 1.54) is 4.90 Å². The first kappa shape index (κ1) is 23.8. The van der Waals surface area contributed by atoms with Crippen molar-refractivity contribution in [2.45, 2.75) is 44.6 Å². The summed E-state index contributed by atoms with van der Waals surface area (Å²) in [7, 11) is 0. The zero-order valence-corrected chi connectivity index (χ0v) is 18.1. The molecule has 1 saturated heterocycles. The molecule has 2 aromatic carbocycles. The molecule has 9 nitrogen and oxygen atoms in total. The lowest BCUT2D eigenvalue weighted by molar-refractivity contribution is -0.147. The Morgan fingerprint density at radius 2 is 1.52 bits per heavy atom. The SMILES string of the molecule is NC(=O)[C@@H](CC(=O)OCc1ccccc1)NC(=O)[C@H]1CCCN1C(=O)OCc1ccccc1. The fourth-order valence-electron chi connectivity index (χ4n) is 3.51. The lowest BCUT2D eigenvalue weighted by Gasteiger charge is -2.25. The smallest absolute Gasteiger partial charge is 0.410 e. The van der Waals surface area contributed by atoms with Crippen LogP contribution in [0.1, 0.15) is 30.4 Å². The average Bonchev–Trinajstić information content (AvgIpc) is 3.32. The number of carbonyl (C=O) groups is 4. The van der Waals surface area contributed by atoms with Gasteiger partial charge in [-0.15, -0.1) is 0 Å². The molecule has 33 heavy (non-hydrogen) atoms. The highest BCUT2D eigenvalue weighted by atomic mass is 16.6. The minimum absolute atomic E-state index is 0.0444. The van der Waals surface area contributed by atoms with E-state index in [0.29, 0.717) is 19.4 Å². The number of nitrogens with one attached hydrogen (secondary N) is 1. The maximum absolute atomic E-state index is 12.8. The van der Waals surface area contributed by atoms with Gasteiger partial charge in [-0.05, 0) is 24.0 Å². The van der Waals surface area contributed by atoms with Gasteiger partial charge in [-0.25, -0.2) is 4.79 Å². The molecule has 0 spiro atoms. The second kappa shape index (κ2) is 11.7. The van der Waals surface area contributed by atoms with Crippen LogP contribution in [0.4, 0.5) is 4.79 Å². The van der Waals surface area contributed by atoms with Gasteiger partial charge in [0.05, 0.1) is 6.42 Å². The standard InChI is InChI=1S/C24H27N3O6/c25-22(29)19(14-21(28)32-15-17-8-3-1-4-9-17)26-23(30)20-12-7-13-27(20)24(31)33-16-18-10-5-2-6-11-18/h1-6,8-11,19-20H,7,12-16H2,(H2,25,29)(H,26,30)/t19-,20-/m1/s1. The molecular formula is C24H27N3O6. The van der Waals surface area contributed by atoms with Gasteiger partial charge in [0.15, 0.2) is 0 Å². The molecule has 1 heterocycles. The van der Waals surface area contributed by atoms with E-state index in [0.717, 1.165) is 11.1 Å². The molecular weight excluding hydrogens is 426 g/mol. The maximum atomic E-state index is 12.8. The highest BCUT2D eigenvalue weighted by Gasteiger charge is 2.37. The van der Waals surface area contributed by atoms with E-state index in [9.17, 15) is 19.2 Å². The summed E-state index contributed by atoms with van der Waals surface area (Å²) in [6.07, 6.45) is 0.00291. The second-order valence-electron chi connectivity index (χ2n) is 7.71. The Morgan fingerprint density at radius 1 is 0.939 bits per heavy atom. The van der Waals surface area contributed by atoms with Gasteiger partial charge in [-0.1, -0.05) is 60.7 Å². The molecule has 174 valence electrons. The van der Waals surface area contributed by atoms with E-state index in [1.807, 2.05) is 48.5 Å². The normalized spacial score (nSPS) is 16.0. The summed E-state index contributed by atoms with van der Waals surface area (Å²) in [5.41, 5.74) is 7.00. The summed E-state index contributed by atoms with van der Waals surface area (Å²) >= 11 is 0. The molecule has 0 bridgehead atoms. The minimum atomic E-state index is -1.25. The Balaban J connectivity index is 1.52. The van der Waals surface area contributed by atoms with Crippen molar-refractivity contribution < 1.29 is 28.7 Å². The molecule has 0 radical (unpaired) electrons. The van der Waals surface area contributed by atoms with Crippen molar-refractivity contribution in [3.63, 3.8) is 0 Å². The number of hydrogen-bond acceptors (Lipinski definition) is 6. The van der Waals surface area contributed by atoms with Crippen LogP contribution in [0.5, 0.6) is 0 Å². The predicted molar refractivity (Wildman–Crippen MR) is 118 cm³/mol. The molecule has 1 fully saturated rings. The minimum Gasteiger partial charge on any atom is -0.461 e. The van der Waals surface area contributed by atoms with Crippen LogP contribution in [0.25, 0.3) is 0 Å². The molecule has 0 aliphatic carbocycles. The van der Waals surface area contributed by atoms with E-state index < -0.39 is 42.4 Å². The highest BCUT2D eigenvalue weighted by Crippen LogP contribution is 2.19. The maximum Gasteiger partial charge on any atom is 0.410 e.